The molecule has 0 bridgehead atoms. The Morgan fingerprint density at radius 2 is 0.980 bits per heavy atom. The molecule has 0 atom stereocenters. The zero-order valence-electron chi connectivity index (χ0n) is 27.6. The second kappa shape index (κ2) is 13.1. The summed E-state index contributed by atoms with van der Waals surface area (Å²) in [6.07, 6.45) is -7.27. The molecule has 0 saturated heterocycles. The van der Waals surface area contributed by atoms with Crippen LogP contribution in [0.2, 0.25) is 0 Å². The standard InChI is InChI=1S/C32H36F9NO5S2/c1-27(2,3)45-22-11-9-13-25(19-22)48(24-17-15-21(16-18-24)42(7)8,26-14-10-12-23(20-26)46-28(4,5)6)47-49(43,44)32(40,41)30(35,36)29(33,34)31(37,38)39/h9-20H,1-8H3. The van der Waals surface area contributed by atoms with Gasteiger partial charge in [0.1, 0.15) is 22.7 Å². The van der Waals surface area contributed by atoms with E-state index in [1.54, 1.807) is 60.5 Å². The van der Waals surface area contributed by atoms with Crippen molar-refractivity contribution in [3.05, 3.63) is 72.8 Å². The second-order valence-corrected chi connectivity index (χ2v) is 17.5. The predicted octanol–water partition coefficient (Wildman–Crippen LogP) is 10.1. The smallest absolute Gasteiger partial charge is 0.460 e. The molecule has 0 N–H and O–H groups in total. The lowest BCUT2D eigenvalue weighted by Crippen LogP contribution is -2.63. The molecule has 0 spiro atoms. The largest absolute Gasteiger partial charge is 0.488 e. The number of nitrogens with zero attached hydrogens (tertiary/aromatic N) is 1. The number of alkyl halides is 9. The normalized spacial score (nSPS) is 14.4. The van der Waals surface area contributed by atoms with Crippen molar-refractivity contribution in [1.82, 2.24) is 0 Å². The lowest BCUT2D eigenvalue weighted by atomic mass is 10.1. The fraction of sp³-hybridized carbons (Fsp3) is 0.438. The Bertz CT molecular complexity index is 1670. The maximum absolute atomic E-state index is 15.4. The molecule has 0 aliphatic carbocycles. The Kier molecular flexibility index (Phi) is 10.7. The maximum atomic E-state index is 15.4. The molecular weight excluding hydrogens is 713 g/mol. The van der Waals surface area contributed by atoms with Crippen LogP contribution >= 0.6 is 10.3 Å². The Morgan fingerprint density at radius 1 is 0.571 bits per heavy atom. The first-order valence-electron chi connectivity index (χ1n) is 14.3. The molecule has 0 aliphatic rings. The molecule has 0 unspecified atom stereocenters. The third-order valence-corrected chi connectivity index (χ3v) is 11.6. The minimum atomic E-state index is -7.52. The average molecular weight is 750 g/mol. The van der Waals surface area contributed by atoms with Crippen molar-refractivity contribution in [2.75, 3.05) is 19.0 Å². The van der Waals surface area contributed by atoms with E-state index in [-0.39, 0.29) is 26.2 Å². The Hall–Kier alpha value is -3.31. The summed E-state index contributed by atoms with van der Waals surface area (Å²) in [5.41, 5.74) is -1.26. The number of hydrogen-bond acceptors (Lipinski definition) is 6. The number of benzene rings is 3. The first-order chi connectivity index (χ1) is 22.0. The molecule has 3 aromatic rings. The van der Waals surface area contributed by atoms with Crippen LogP contribution in [0.1, 0.15) is 41.5 Å². The molecule has 3 rings (SSSR count). The van der Waals surface area contributed by atoms with Gasteiger partial charge in [-0.25, -0.2) is 3.63 Å². The van der Waals surface area contributed by atoms with Crippen molar-refractivity contribution in [2.24, 2.45) is 0 Å². The summed E-state index contributed by atoms with van der Waals surface area (Å²) in [4.78, 5) is 0.793. The molecule has 17 heteroatoms. The summed E-state index contributed by atoms with van der Waals surface area (Å²) in [5.74, 6) is -15.0. The SMILES string of the molecule is CN(C)c1ccc(S(OS(=O)(=O)C(F)(F)C(F)(F)C(F)(F)C(F)(F)F)(c2cccc(OC(C)(C)C)c2)c2cccc(OC(C)(C)C)c2)cc1. The first kappa shape index (κ1) is 40.1. The minimum absolute atomic E-state index is 0.0237. The van der Waals surface area contributed by atoms with Gasteiger partial charge in [-0.2, -0.15) is 47.9 Å². The van der Waals surface area contributed by atoms with E-state index in [4.69, 9.17) is 13.1 Å². The van der Waals surface area contributed by atoms with Gasteiger partial charge in [0.15, 0.2) is 0 Å². The lowest BCUT2D eigenvalue weighted by molar-refractivity contribution is -0.382. The molecule has 0 radical (unpaired) electrons. The summed E-state index contributed by atoms with van der Waals surface area (Å²) in [7, 11) is -8.44. The Labute approximate surface area is 280 Å². The van der Waals surface area contributed by atoms with E-state index >= 15 is 8.78 Å². The van der Waals surface area contributed by atoms with Crippen LogP contribution in [0.4, 0.5) is 45.2 Å². The Balaban J connectivity index is 2.52. The molecular formula is C32H36F9NO5S2. The molecule has 6 nitrogen and oxygen atoms in total. The highest BCUT2D eigenvalue weighted by Gasteiger charge is 2.86. The van der Waals surface area contributed by atoms with Crippen LogP contribution in [-0.4, -0.2) is 57.0 Å². The third-order valence-electron chi connectivity index (χ3n) is 6.43. The topological polar surface area (TPSA) is 65.1 Å². The van der Waals surface area contributed by atoms with Crippen LogP contribution in [0.25, 0.3) is 0 Å². The number of hydrogen-bond donors (Lipinski definition) is 0. The summed E-state index contributed by atoms with van der Waals surface area (Å²) < 4.78 is 171. The zero-order valence-corrected chi connectivity index (χ0v) is 29.3. The molecule has 0 aliphatic heterocycles. The fourth-order valence-corrected chi connectivity index (χ4v) is 9.54. The van der Waals surface area contributed by atoms with Crippen LogP contribution < -0.4 is 14.4 Å². The molecule has 0 amide bonds. The van der Waals surface area contributed by atoms with Gasteiger partial charge in [-0.15, -0.1) is 0 Å². The van der Waals surface area contributed by atoms with Gasteiger partial charge in [-0.05, 0) is 113 Å². The van der Waals surface area contributed by atoms with Crippen LogP contribution in [0.5, 0.6) is 11.5 Å². The van der Waals surface area contributed by atoms with E-state index in [1.165, 1.54) is 72.8 Å². The van der Waals surface area contributed by atoms with Crippen molar-refractivity contribution in [3.8, 4) is 11.5 Å². The quantitative estimate of drug-likeness (QED) is 0.182. The molecule has 0 fully saturated rings. The van der Waals surface area contributed by atoms with E-state index in [0.717, 1.165) is 0 Å². The molecule has 0 saturated carbocycles. The molecule has 3 aromatic carbocycles. The Morgan fingerprint density at radius 3 is 1.33 bits per heavy atom. The highest BCUT2D eigenvalue weighted by atomic mass is 32.3. The molecule has 0 aromatic heterocycles. The van der Waals surface area contributed by atoms with Crippen molar-refractivity contribution in [1.29, 1.82) is 0 Å². The average Bonchev–Trinajstić information content (AvgIpc) is 2.93. The van der Waals surface area contributed by atoms with Gasteiger partial charge in [-0.3, -0.25) is 0 Å². The minimum Gasteiger partial charge on any atom is -0.488 e. The molecule has 274 valence electrons. The fourth-order valence-electron chi connectivity index (χ4n) is 4.30. The van der Waals surface area contributed by atoms with E-state index in [9.17, 15) is 39.2 Å². The van der Waals surface area contributed by atoms with E-state index < -0.39 is 54.9 Å². The predicted molar refractivity (Wildman–Crippen MR) is 168 cm³/mol. The second-order valence-electron chi connectivity index (χ2n) is 13.0. The van der Waals surface area contributed by atoms with Crippen molar-refractivity contribution >= 4 is 26.1 Å². The van der Waals surface area contributed by atoms with Crippen molar-refractivity contribution in [3.63, 3.8) is 0 Å². The maximum Gasteiger partial charge on any atom is 0.460 e. The van der Waals surface area contributed by atoms with Crippen molar-refractivity contribution < 1.29 is 61.0 Å². The van der Waals surface area contributed by atoms with Crippen LogP contribution in [0.3, 0.4) is 0 Å². The first-order valence-corrected chi connectivity index (χ1v) is 17.3. The molecule has 49 heavy (non-hydrogen) atoms. The van der Waals surface area contributed by atoms with E-state index in [0.29, 0.717) is 5.69 Å². The summed E-state index contributed by atoms with van der Waals surface area (Å²) in [5, 5.41) is -7.13. The van der Waals surface area contributed by atoms with Gasteiger partial charge in [0.05, 0.1) is 0 Å². The van der Waals surface area contributed by atoms with Gasteiger partial charge >= 0.3 is 33.4 Å². The summed E-state index contributed by atoms with van der Waals surface area (Å²) in [6, 6.07) is 15.4. The van der Waals surface area contributed by atoms with Crippen LogP contribution in [-0.2, 0) is 13.7 Å². The monoisotopic (exact) mass is 749 g/mol. The summed E-state index contributed by atoms with van der Waals surface area (Å²) >= 11 is 0. The third kappa shape index (κ3) is 8.03. The van der Waals surface area contributed by atoms with Gasteiger partial charge in [0.25, 0.3) is 0 Å². The van der Waals surface area contributed by atoms with Gasteiger partial charge in [-0.1, -0.05) is 12.1 Å². The van der Waals surface area contributed by atoms with E-state index in [1.807, 2.05) is 0 Å². The number of anilines is 1. The van der Waals surface area contributed by atoms with Crippen molar-refractivity contribution in [2.45, 2.75) is 90.7 Å². The summed E-state index contributed by atoms with van der Waals surface area (Å²) in [6.45, 7) is 9.90. The van der Waals surface area contributed by atoms with Gasteiger partial charge < -0.3 is 14.4 Å². The number of halogens is 9. The van der Waals surface area contributed by atoms with Gasteiger partial charge in [0, 0.05) is 34.5 Å². The molecule has 0 heterocycles. The van der Waals surface area contributed by atoms with Crippen LogP contribution in [0, 0.1) is 0 Å². The van der Waals surface area contributed by atoms with E-state index in [2.05, 4.69) is 0 Å². The zero-order chi connectivity index (χ0) is 37.6. The lowest BCUT2D eigenvalue weighted by Gasteiger charge is -2.42. The van der Waals surface area contributed by atoms with Crippen LogP contribution in [0.15, 0.2) is 87.5 Å². The van der Waals surface area contributed by atoms with Gasteiger partial charge in [0.2, 0.25) is 0 Å². The number of rotatable bonds is 11. The number of ether oxygens (including phenoxy) is 2. The highest BCUT2D eigenvalue weighted by molar-refractivity contribution is 8.33. The highest BCUT2D eigenvalue weighted by Crippen LogP contribution is 2.72.